The van der Waals surface area contributed by atoms with Crippen LogP contribution in [0.2, 0.25) is 5.02 Å². The second-order valence-electron chi connectivity index (χ2n) is 5.02. The maximum absolute atomic E-state index is 12.9. The Morgan fingerprint density at radius 2 is 2.14 bits per heavy atom. The third-order valence-electron chi connectivity index (χ3n) is 3.67. The Kier molecular flexibility index (Phi) is 3.96. The summed E-state index contributed by atoms with van der Waals surface area (Å²) in [4.78, 5) is 0.125. The number of anilines is 1. The fourth-order valence-corrected chi connectivity index (χ4v) is 5.60. The van der Waals surface area contributed by atoms with Crippen LogP contribution < -0.4 is 5.73 Å². The first kappa shape index (κ1) is 14.8. The van der Waals surface area contributed by atoms with Crippen LogP contribution >= 0.6 is 22.9 Å². The summed E-state index contributed by atoms with van der Waals surface area (Å²) in [5, 5.41) is 4.14. The number of nitrogens with zero attached hydrogens (tertiary/aromatic N) is 1. The van der Waals surface area contributed by atoms with Gasteiger partial charge in [0.25, 0.3) is 0 Å². The first-order valence-electron chi connectivity index (χ1n) is 6.59. The van der Waals surface area contributed by atoms with Crippen LogP contribution in [0.4, 0.5) is 5.69 Å². The largest absolute Gasteiger partial charge is 0.399 e. The van der Waals surface area contributed by atoms with Crippen molar-refractivity contribution in [2.24, 2.45) is 0 Å². The minimum Gasteiger partial charge on any atom is -0.399 e. The summed E-state index contributed by atoms with van der Waals surface area (Å²) in [6, 6.07) is 6.40. The zero-order chi connectivity index (χ0) is 15.0. The molecular weight excluding hydrogens is 328 g/mol. The van der Waals surface area contributed by atoms with Gasteiger partial charge in [0.15, 0.2) is 0 Å². The summed E-state index contributed by atoms with van der Waals surface area (Å²) in [5.74, 6) is 0. The predicted octanol–water partition coefficient (Wildman–Crippen LogP) is 3.51. The molecule has 0 saturated carbocycles. The Morgan fingerprint density at radius 1 is 1.33 bits per heavy atom. The van der Waals surface area contributed by atoms with Gasteiger partial charge in [0.05, 0.1) is 11.1 Å². The predicted molar refractivity (Wildman–Crippen MR) is 86.1 cm³/mol. The van der Waals surface area contributed by atoms with Gasteiger partial charge >= 0.3 is 0 Å². The fourth-order valence-electron chi connectivity index (χ4n) is 2.68. The summed E-state index contributed by atoms with van der Waals surface area (Å²) >= 11 is 7.66. The fraction of sp³-hybridized carbons (Fsp3) is 0.286. The van der Waals surface area contributed by atoms with Crippen LogP contribution in [0.3, 0.4) is 0 Å². The molecule has 0 radical (unpaired) electrons. The summed E-state index contributed by atoms with van der Waals surface area (Å²) in [7, 11) is -3.61. The lowest BCUT2D eigenvalue weighted by Crippen LogP contribution is -2.30. The van der Waals surface area contributed by atoms with Gasteiger partial charge in [-0.15, -0.1) is 0 Å². The van der Waals surface area contributed by atoms with Crippen molar-refractivity contribution in [1.29, 1.82) is 0 Å². The second kappa shape index (κ2) is 5.61. The topological polar surface area (TPSA) is 63.4 Å². The van der Waals surface area contributed by atoms with Crippen LogP contribution in [0.25, 0.3) is 0 Å². The average Bonchev–Trinajstić information content (AvgIpc) is 3.09. The first-order valence-corrected chi connectivity index (χ1v) is 9.35. The normalized spacial score (nSPS) is 20.0. The van der Waals surface area contributed by atoms with Crippen molar-refractivity contribution in [3.63, 3.8) is 0 Å². The SMILES string of the molecule is Nc1ccc(S(=O)(=O)N2CCCC2c2ccsc2)c(Cl)c1. The molecule has 1 aromatic heterocycles. The molecule has 0 aliphatic carbocycles. The number of hydrogen-bond acceptors (Lipinski definition) is 4. The third kappa shape index (κ3) is 2.68. The maximum Gasteiger partial charge on any atom is 0.245 e. The van der Waals surface area contributed by atoms with Gasteiger partial charge in [-0.05, 0) is 53.4 Å². The van der Waals surface area contributed by atoms with Crippen LogP contribution in [0.5, 0.6) is 0 Å². The van der Waals surface area contributed by atoms with Crippen molar-refractivity contribution < 1.29 is 8.42 Å². The molecule has 1 fully saturated rings. The number of halogens is 1. The first-order chi connectivity index (χ1) is 10.00. The molecule has 7 heteroatoms. The third-order valence-corrected chi connectivity index (χ3v) is 6.77. The van der Waals surface area contributed by atoms with E-state index in [1.807, 2.05) is 16.8 Å². The summed E-state index contributed by atoms with van der Waals surface area (Å²) < 4.78 is 27.3. The molecule has 2 N–H and O–H groups in total. The Bertz CT molecular complexity index is 744. The van der Waals surface area contributed by atoms with Crippen LogP contribution in [0.1, 0.15) is 24.4 Å². The zero-order valence-electron chi connectivity index (χ0n) is 11.2. The lowest BCUT2D eigenvalue weighted by Gasteiger charge is -2.24. The highest BCUT2D eigenvalue weighted by Crippen LogP contribution is 2.38. The van der Waals surface area contributed by atoms with E-state index in [2.05, 4.69) is 0 Å². The number of nitrogen functional groups attached to an aromatic ring is 1. The van der Waals surface area contributed by atoms with Gasteiger partial charge < -0.3 is 5.73 Å². The van der Waals surface area contributed by atoms with E-state index in [9.17, 15) is 8.42 Å². The molecule has 3 rings (SSSR count). The van der Waals surface area contributed by atoms with Gasteiger partial charge in [-0.1, -0.05) is 11.6 Å². The van der Waals surface area contributed by atoms with E-state index < -0.39 is 10.0 Å². The molecule has 2 heterocycles. The van der Waals surface area contributed by atoms with E-state index in [-0.39, 0.29) is 16.0 Å². The Hall–Kier alpha value is -1.08. The van der Waals surface area contributed by atoms with Crippen molar-refractivity contribution in [1.82, 2.24) is 4.31 Å². The molecule has 2 aromatic rings. The summed E-state index contributed by atoms with van der Waals surface area (Å²) in [6.45, 7) is 0.517. The molecule has 0 bridgehead atoms. The van der Waals surface area contributed by atoms with E-state index in [4.69, 9.17) is 17.3 Å². The van der Waals surface area contributed by atoms with Crippen molar-refractivity contribution in [3.8, 4) is 0 Å². The molecule has 1 aliphatic heterocycles. The van der Waals surface area contributed by atoms with Gasteiger partial charge in [0, 0.05) is 12.2 Å². The van der Waals surface area contributed by atoms with Crippen molar-refractivity contribution in [2.75, 3.05) is 12.3 Å². The lowest BCUT2D eigenvalue weighted by molar-refractivity contribution is 0.397. The number of sulfonamides is 1. The highest BCUT2D eigenvalue weighted by Gasteiger charge is 2.37. The smallest absolute Gasteiger partial charge is 0.245 e. The molecular formula is C14H15ClN2O2S2. The average molecular weight is 343 g/mol. The van der Waals surface area contributed by atoms with E-state index in [0.717, 1.165) is 18.4 Å². The minimum atomic E-state index is -3.61. The molecule has 1 aliphatic rings. The molecule has 4 nitrogen and oxygen atoms in total. The Labute approximate surface area is 133 Å². The number of thiophene rings is 1. The standard InChI is InChI=1S/C14H15ClN2O2S2/c15-12-8-11(16)3-4-14(12)21(18,19)17-6-1-2-13(17)10-5-7-20-9-10/h3-5,7-9,13H,1-2,6,16H2. The zero-order valence-corrected chi connectivity index (χ0v) is 13.6. The van der Waals surface area contributed by atoms with Gasteiger partial charge in [0.1, 0.15) is 4.90 Å². The van der Waals surface area contributed by atoms with E-state index in [1.54, 1.807) is 21.7 Å². The Balaban J connectivity index is 2.01. The van der Waals surface area contributed by atoms with Crippen LogP contribution in [0, 0.1) is 0 Å². The van der Waals surface area contributed by atoms with Gasteiger partial charge in [-0.25, -0.2) is 8.42 Å². The van der Waals surface area contributed by atoms with E-state index in [1.165, 1.54) is 12.1 Å². The minimum absolute atomic E-state index is 0.102. The highest BCUT2D eigenvalue weighted by atomic mass is 35.5. The van der Waals surface area contributed by atoms with Crippen molar-refractivity contribution in [2.45, 2.75) is 23.8 Å². The lowest BCUT2D eigenvalue weighted by atomic mass is 10.1. The van der Waals surface area contributed by atoms with Gasteiger partial charge in [-0.2, -0.15) is 15.6 Å². The van der Waals surface area contributed by atoms with Crippen molar-refractivity contribution in [3.05, 3.63) is 45.6 Å². The van der Waals surface area contributed by atoms with Crippen LogP contribution in [-0.2, 0) is 10.0 Å². The molecule has 0 amide bonds. The Morgan fingerprint density at radius 3 is 2.81 bits per heavy atom. The summed E-state index contributed by atoms with van der Waals surface area (Å²) in [6.07, 6.45) is 1.69. The second-order valence-corrected chi connectivity index (χ2v) is 8.07. The molecule has 1 saturated heterocycles. The molecule has 1 atom stereocenters. The van der Waals surface area contributed by atoms with Crippen LogP contribution in [0.15, 0.2) is 39.9 Å². The van der Waals surface area contributed by atoms with E-state index >= 15 is 0 Å². The highest BCUT2D eigenvalue weighted by molar-refractivity contribution is 7.89. The molecule has 1 unspecified atom stereocenters. The van der Waals surface area contributed by atoms with Crippen molar-refractivity contribution >= 4 is 38.6 Å². The maximum atomic E-state index is 12.9. The van der Waals surface area contributed by atoms with Crippen LogP contribution in [-0.4, -0.2) is 19.3 Å². The number of nitrogens with two attached hydrogens (primary N) is 1. The molecule has 112 valence electrons. The van der Waals surface area contributed by atoms with Gasteiger partial charge in [0.2, 0.25) is 10.0 Å². The van der Waals surface area contributed by atoms with E-state index in [0.29, 0.717) is 12.2 Å². The summed E-state index contributed by atoms with van der Waals surface area (Å²) in [5.41, 5.74) is 7.14. The number of rotatable bonds is 3. The molecule has 21 heavy (non-hydrogen) atoms. The number of hydrogen-bond donors (Lipinski definition) is 1. The quantitative estimate of drug-likeness (QED) is 0.868. The molecule has 0 spiro atoms. The van der Waals surface area contributed by atoms with Gasteiger partial charge in [-0.3, -0.25) is 0 Å². The number of benzene rings is 1. The monoisotopic (exact) mass is 342 g/mol. The molecule has 1 aromatic carbocycles.